The van der Waals surface area contributed by atoms with Gasteiger partial charge in [0.2, 0.25) is 21.8 Å². The van der Waals surface area contributed by atoms with Crippen molar-refractivity contribution in [3.8, 4) is 0 Å². The molecule has 5 aliphatic rings. The van der Waals surface area contributed by atoms with Crippen molar-refractivity contribution in [3.05, 3.63) is 41.5 Å². The number of hydrogen-bond donors (Lipinski definition) is 3. The summed E-state index contributed by atoms with van der Waals surface area (Å²) in [5, 5.41) is 7.28. The predicted molar refractivity (Wildman–Crippen MR) is 209 cm³/mol. The fourth-order valence-electron chi connectivity index (χ4n) is 8.76. The molecule has 4 amide bonds. The number of sulfonamides is 1. The highest BCUT2D eigenvalue weighted by Gasteiger charge is 2.67. The second-order valence-corrected chi connectivity index (χ2v) is 19.8. The van der Waals surface area contributed by atoms with Crippen molar-refractivity contribution < 1.29 is 37.1 Å². The molecule has 2 heterocycles. The van der Waals surface area contributed by atoms with Crippen LogP contribution in [0, 0.1) is 17.3 Å². The quantitative estimate of drug-likeness (QED) is 0.350. The number of anilines is 1. The lowest BCUT2D eigenvalue weighted by Crippen LogP contribution is -2.60. The summed E-state index contributed by atoms with van der Waals surface area (Å²) in [6.07, 6.45) is 6.89. The van der Waals surface area contributed by atoms with Crippen molar-refractivity contribution in [2.24, 2.45) is 17.3 Å². The summed E-state index contributed by atoms with van der Waals surface area (Å²) in [5.41, 5.74) is -0.145. The van der Waals surface area contributed by atoms with Crippen LogP contribution in [0.1, 0.15) is 96.1 Å². The third-order valence-electron chi connectivity index (χ3n) is 12.5. The molecular weight excluding hydrogens is 723 g/mol. The van der Waals surface area contributed by atoms with Gasteiger partial charge in [0, 0.05) is 33.3 Å². The van der Waals surface area contributed by atoms with Crippen molar-refractivity contribution in [2.75, 3.05) is 39.3 Å². The second kappa shape index (κ2) is 14.5. The molecule has 4 fully saturated rings. The molecule has 2 aliphatic heterocycles. The Balaban J connectivity index is 1.28. The van der Waals surface area contributed by atoms with Crippen LogP contribution in [0.5, 0.6) is 0 Å². The summed E-state index contributed by atoms with van der Waals surface area (Å²) >= 11 is 0. The Morgan fingerprint density at radius 3 is 2.36 bits per heavy atom. The third kappa shape index (κ3) is 7.90. The highest BCUT2D eigenvalue weighted by atomic mass is 32.2. The molecule has 5 bridgehead atoms. The Hall–Kier alpha value is -3.91. The number of carbonyl (C=O) groups excluding carboxylic acids is 4. The number of carbonyl (C=O) groups is 4. The topological polar surface area (TPSA) is 163 Å². The number of ether oxygens (including phenoxy) is 2. The van der Waals surface area contributed by atoms with E-state index in [-0.39, 0.29) is 31.4 Å². The summed E-state index contributed by atoms with van der Waals surface area (Å²) in [4.78, 5) is 60.2. The fraction of sp³-hybridized carbons (Fsp3) is 0.659. The Bertz CT molecular complexity index is 1970. The van der Waals surface area contributed by atoms with Crippen LogP contribution in [-0.2, 0) is 45.9 Å². The molecular formula is C41H57N5O8S. The monoisotopic (exact) mass is 779 g/mol. The van der Waals surface area contributed by atoms with Gasteiger partial charge in [-0.1, -0.05) is 45.7 Å². The first-order valence-corrected chi connectivity index (χ1v) is 21.4. The number of methoxy groups -OCH3 is 1. The number of nitrogens with one attached hydrogen (secondary N) is 3. The molecule has 0 aromatic heterocycles. The van der Waals surface area contributed by atoms with Crippen molar-refractivity contribution in [2.45, 2.75) is 120 Å². The lowest BCUT2D eigenvalue weighted by atomic mass is 9.85. The average molecular weight is 780 g/mol. The first-order chi connectivity index (χ1) is 26.0. The molecule has 1 saturated heterocycles. The summed E-state index contributed by atoms with van der Waals surface area (Å²) in [5.74, 6) is -1.75. The molecule has 2 aromatic rings. The largest absolute Gasteiger partial charge is 0.450 e. The molecule has 3 N–H and O–H groups in total. The van der Waals surface area contributed by atoms with Crippen molar-refractivity contribution in [3.63, 3.8) is 0 Å². The van der Waals surface area contributed by atoms with E-state index in [0.29, 0.717) is 25.7 Å². The Labute approximate surface area is 324 Å². The predicted octanol–water partition coefficient (Wildman–Crippen LogP) is 4.50. The van der Waals surface area contributed by atoms with Crippen molar-refractivity contribution in [1.29, 1.82) is 0 Å². The number of alkyl carbamates (subject to hydrolysis) is 1. The maximum absolute atomic E-state index is 14.8. The van der Waals surface area contributed by atoms with Crippen molar-refractivity contribution >= 4 is 50.3 Å². The molecule has 2 aromatic carbocycles. The van der Waals surface area contributed by atoms with E-state index in [4.69, 9.17) is 9.47 Å². The van der Waals surface area contributed by atoms with E-state index in [9.17, 15) is 27.6 Å². The first kappa shape index (κ1) is 39.3. The molecule has 13 nitrogen and oxygen atoms in total. The zero-order valence-electron chi connectivity index (χ0n) is 33.0. The van der Waals surface area contributed by atoms with E-state index in [1.165, 1.54) is 10.5 Å². The number of amides is 4. The minimum Gasteiger partial charge on any atom is -0.450 e. The standard InChI is InChI=1S/C41H57N5O8S/c1-39(2,3)34-36(48)46-24-40(53-6,23-33(46)35(47)43-41(22-31(41)25-12-13-25)37(49)44-55(51,52)30-16-17-30)29-15-14-26-21-32(45(4)5)27(19-28(26)20-29)11-9-7-8-10-18-54-38(50)42-34/h14-15,19-21,25,30-31,33-34H,7-13,16-18,22-24H2,1-6H3,(H,42,50)(H,43,47)(H,44,49)/t31-,33+,34-,40+,41-/m1/s1. The van der Waals surface area contributed by atoms with E-state index in [2.05, 4.69) is 38.5 Å². The van der Waals surface area contributed by atoms with Gasteiger partial charge in [-0.3, -0.25) is 19.1 Å². The molecule has 5 atom stereocenters. The van der Waals surface area contributed by atoms with E-state index < -0.39 is 67.7 Å². The molecule has 0 spiro atoms. The van der Waals surface area contributed by atoms with Gasteiger partial charge in [0.05, 0.1) is 18.4 Å². The maximum Gasteiger partial charge on any atom is 0.407 e. The number of benzene rings is 2. The smallest absolute Gasteiger partial charge is 0.407 e. The van der Waals surface area contributed by atoms with Crippen LogP contribution in [-0.4, -0.2) is 94.4 Å². The molecule has 300 valence electrons. The van der Waals surface area contributed by atoms with Crippen LogP contribution in [0.2, 0.25) is 0 Å². The number of hydrogen-bond acceptors (Lipinski definition) is 9. The molecule has 7 rings (SSSR count). The third-order valence-corrected chi connectivity index (χ3v) is 14.3. The van der Waals surface area contributed by atoms with E-state index in [1.807, 2.05) is 47.0 Å². The Morgan fingerprint density at radius 1 is 0.982 bits per heavy atom. The highest BCUT2D eigenvalue weighted by molar-refractivity contribution is 7.91. The lowest BCUT2D eigenvalue weighted by molar-refractivity contribution is -0.143. The van der Waals surface area contributed by atoms with Gasteiger partial charge in [-0.05, 0) is 109 Å². The van der Waals surface area contributed by atoms with Gasteiger partial charge in [0.1, 0.15) is 23.2 Å². The number of cyclic esters (lactones) is 1. The summed E-state index contributed by atoms with van der Waals surface area (Å²) < 4.78 is 40.0. The summed E-state index contributed by atoms with van der Waals surface area (Å²) in [7, 11) is 1.79. The van der Waals surface area contributed by atoms with Crippen LogP contribution in [0.15, 0.2) is 30.3 Å². The zero-order chi connectivity index (χ0) is 39.5. The Morgan fingerprint density at radius 2 is 1.71 bits per heavy atom. The SMILES string of the molecule is CO[C@@]12C[C@@H](C(=O)N[C@]3(C(=O)NS(=O)(=O)C4CC4)C[C@@H]3C3CC3)N(C1)C(=O)[C@H](C(C)(C)C)NC(=O)OCCCCCCc1cc3cc2ccc3cc1N(C)C. The Kier molecular flexibility index (Phi) is 10.4. The zero-order valence-corrected chi connectivity index (χ0v) is 33.9. The van der Waals surface area contributed by atoms with Gasteiger partial charge in [-0.25, -0.2) is 13.2 Å². The van der Waals surface area contributed by atoms with Crippen LogP contribution in [0.4, 0.5) is 10.5 Å². The normalized spacial score (nSPS) is 29.2. The molecule has 0 radical (unpaired) electrons. The van der Waals surface area contributed by atoms with Gasteiger partial charge >= 0.3 is 6.09 Å². The number of fused-ring (bicyclic) bond motifs is 5. The minimum absolute atomic E-state index is 0.000811. The average Bonchev–Trinajstić information content (AvgIpc) is 4.00. The van der Waals surface area contributed by atoms with E-state index in [0.717, 1.165) is 60.5 Å². The molecule has 14 heteroatoms. The minimum atomic E-state index is -3.86. The van der Waals surface area contributed by atoms with E-state index >= 15 is 0 Å². The van der Waals surface area contributed by atoms with Crippen LogP contribution >= 0.6 is 0 Å². The number of nitrogens with zero attached hydrogens (tertiary/aromatic N) is 2. The summed E-state index contributed by atoms with van der Waals surface area (Å²) in [6.45, 7) is 5.73. The molecule has 55 heavy (non-hydrogen) atoms. The second-order valence-electron chi connectivity index (χ2n) is 17.8. The van der Waals surface area contributed by atoms with Gasteiger partial charge < -0.3 is 29.9 Å². The summed E-state index contributed by atoms with van der Waals surface area (Å²) in [6, 6.07) is 8.35. The first-order valence-electron chi connectivity index (χ1n) is 19.9. The lowest BCUT2D eigenvalue weighted by Gasteiger charge is -2.36. The van der Waals surface area contributed by atoms with Crippen LogP contribution in [0.25, 0.3) is 10.8 Å². The van der Waals surface area contributed by atoms with Crippen molar-refractivity contribution in [1.82, 2.24) is 20.3 Å². The fourth-order valence-corrected chi connectivity index (χ4v) is 10.1. The van der Waals surface area contributed by atoms with E-state index in [1.54, 1.807) is 7.11 Å². The van der Waals surface area contributed by atoms with Gasteiger partial charge in [-0.15, -0.1) is 0 Å². The number of aryl methyl sites for hydroxylation is 1. The van der Waals surface area contributed by atoms with Crippen LogP contribution < -0.4 is 20.3 Å². The molecule has 0 unspecified atom stereocenters. The van der Waals surface area contributed by atoms with Crippen LogP contribution in [0.3, 0.4) is 0 Å². The molecule has 3 aliphatic carbocycles. The molecule has 3 saturated carbocycles. The highest BCUT2D eigenvalue weighted by Crippen LogP contribution is 2.57. The number of rotatable bonds is 8. The van der Waals surface area contributed by atoms with Gasteiger partial charge in [0.25, 0.3) is 5.91 Å². The van der Waals surface area contributed by atoms with Gasteiger partial charge in [0.15, 0.2) is 0 Å². The maximum atomic E-state index is 14.8. The van der Waals surface area contributed by atoms with Gasteiger partial charge in [-0.2, -0.15) is 0 Å².